The molecule has 29 heavy (non-hydrogen) atoms. The number of hydrazone groups is 1. The molecular formula is C23H18Cl2N2O2. The van der Waals surface area contributed by atoms with Crippen LogP contribution in [0.2, 0.25) is 10.0 Å². The summed E-state index contributed by atoms with van der Waals surface area (Å²) < 4.78 is 11.7. The van der Waals surface area contributed by atoms with Crippen molar-refractivity contribution < 1.29 is 9.47 Å². The molecule has 2 aliphatic heterocycles. The standard InChI is InChI=1S/C23H18Cl2N2O2/c1-28-17-9-7-15(8-10-17)23-27-21(13-20(26-27)14-5-3-2-4-6-14)18-11-16(24)12-19(25)22(18)29-23/h2-12,21,23H,13H2,1H3. The zero-order chi connectivity index (χ0) is 20.0. The average molecular weight is 425 g/mol. The van der Waals surface area contributed by atoms with Gasteiger partial charge in [0.05, 0.1) is 23.9 Å². The second-order valence-corrected chi connectivity index (χ2v) is 7.91. The molecule has 6 heteroatoms. The maximum Gasteiger partial charge on any atom is 0.213 e. The molecule has 5 rings (SSSR count). The van der Waals surface area contributed by atoms with Crippen molar-refractivity contribution in [1.29, 1.82) is 0 Å². The van der Waals surface area contributed by atoms with Gasteiger partial charge in [0.15, 0.2) is 0 Å². The van der Waals surface area contributed by atoms with Gasteiger partial charge in [0.25, 0.3) is 0 Å². The largest absolute Gasteiger partial charge is 0.497 e. The second kappa shape index (κ2) is 7.29. The minimum absolute atomic E-state index is 0.00254. The first kappa shape index (κ1) is 18.3. The van der Waals surface area contributed by atoms with Crippen molar-refractivity contribution in [2.24, 2.45) is 5.10 Å². The molecule has 0 amide bonds. The van der Waals surface area contributed by atoms with Crippen LogP contribution in [0.4, 0.5) is 0 Å². The molecule has 0 aliphatic carbocycles. The Morgan fingerprint density at radius 3 is 2.52 bits per heavy atom. The highest BCUT2D eigenvalue weighted by atomic mass is 35.5. The molecule has 4 nitrogen and oxygen atoms in total. The van der Waals surface area contributed by atoms with Crippen LogP contribution in [0.25, 0.3) is 0 Å². The topological polar surface area (TPSA) is 34.1 Å². The Morgan fingerprint density at radius 2 is 1.79 bits per heavy atom. The van der Waals surface area contributed by atoms with Gasteiger partial charge >= 0.3 is 0 Å². The molecule has 0 saturated heterocycles. The minimum atomic E-state index is -0.390. The number of hydrogen-bond acceptors (Lipinski definition) is 4. The Morgan fingerprint density at radius 1 is 1.03 bits per heavy atom. The molecule has 3 aromatic carbocycles. The van der Waals surface area contributed by atoms with Gasteiger partial charge < -0.3 is 9.47 Å². The van der Waals surface area contributed by atoms with Crippen molar-refractivity contribution in [3.63, 3.8) is 0 Å². The van der Waals surface area contributed by atoms with Crippen molar-refractivity contribution in [3.8, 4) is 11.5 Å². The molecule has 2 unspecified atom stereocenters. The number of rotatable bonds is 3. The smallest absolute Gasteiger partial charge is 0.213 e. The van der Waals surface area contributed by atoms with Crippen LogP contribution >= 0.6 is 23.2 Å². The Balaban J connectivity index is 1.61. The highest BCUT2D eigenvalue weighted by Gasteiger charge is 2.42. The van der Waals surface area contributed by atoms with E-state index in [0.717, 1.165) is 34.6 Å². The SMILES string of the molecule is COc1ccc(C2Oc3c(Cl)cc(Cl)cc3C3CC(c4ccccc4)=NN32)cc1. The molecule has 146 valence electrons. The molecule has 0 fully saturated rings. The average Bonchev–Trinajstić information content (AvgIpc) is 3.20. The fourth-order valence-electron chi connectivity index (χ4n) is 3.91. The lowest BCUT2D eigenvalue weighted by Crippen LogP contribution is -2.33. The number of methoxy groups -OCH3 is 1. The van der Waals surface area contributed by atoms with Crippen LogP contribution in [0, 0.1) is 0 Å². The Hall–Kier alpha value is -2.69. The number of fused-ring (bicyclic) bond motifs is 3. The second-order valence-electron chi connectivity index (χ2n) is 7.06. The van der Waals surface area contributed by atoms with Crippen molar-refractivity contribution in [2.45, 2.75) is 18.7 Å². The summed E-state index contributed by atoms with van der Waals surface area (Å²) in [5, 5.41) is 8.06. The molecule has 0 radical (unpaired) electrons. The van der Waals surface area contributed by atoms with Gasteiger partial charge in [-0.15, -0.1) is 0 Å². The number of benzene rings is 3. The molecule has 2 atom stereocenters. The van der Waals surface area contributed by atoms with Gasteiger partial charge in [0.1, 0.15) is 11.5 Å². The third-order valence-electron chi connectivity index (χ3n) is 5.32. The molecule has 0 spiro atoms. The van der Waals surface area contributed by atoms with Crippen molar-refractivity contribution in [1.82, 2.24) is 5.01 Å². The molecule has 2 aliphatic rings. The maximum absolute atomic E-state index is 6.51. The van der Waals surface area contributed by atoms with E-state index in [1.807, 2.05) is 53.5 Å². The molecule has 2 heterocycles. The first-order valence-corrected chi connectivity index (χ1v) is 10.1. The molecule has 3 aromatic rings. The minimum Gasteiger partial charge on any atom is -0.497 e. The van der Waals surface area contributed by atoms with Crippen LogP contribution in [0.15, 0.2) is 71.8 Å². The Kier molecular flexibility index (Phi) is 4.61. The van der Waals surface area contributed by atoms with Gasteiger partial charge in [-0.2, -0.15) is 5.10 Å². The zero-order valence-electron chi connectivity index (χ0n) is 15.7. The van der Waals surface area contributed by atoms with E-state index in [-0.39, 0.29) is 6.04 Å². The Labute approximate surface area is 179 Å². The first-order chi connectivity index (χ1) is 14.1. The molecule has 0 bridgehead atoms. The molecule has 0 aromatic heterocycles. The summed E-state index contributed by atoms with van der Waals surface area (Å²) in [5.41, 5.74) is 4.05. The van der Waals surface area contributed by atoms with Gasteiger partial charge in [0, 0.05) is 22.6 Å². The summed E-state index contributed by atoms with van der Waals surface area (Å²) >= 11 is 12.8. The van der Waals surface area contributed by atoms with Crippen LogP contribution in [0.5, 0.6) is 11.5 Å². The summed E-state index contributed by atoms with van der Waals surface area (Å²) in [6.45, 7) is 0. The number of nitrogens with zero attached hydrogens (tertiary/aromatic N) is 2. The van der Waals surface area contributed by atoms with E-state index in [1.165, 1.54) is 0 Å². The lowest BCUT2D eigenvalue weighted by Gasteiger charge is -2.38. The van der Waals surface area contributed by atoms with Crippen LogP contribution in [-0.2, 0) is 0 Å². The van der Waals surface area contributed by atoms with E-state index in [0.29, 0.717) is 15.8 Å². The highest BCUT2D eigenvalue weighted by molar-refractivity contribution is 6.35. The highest BCUT2D eigenvalue weighted by Crippen LogP contribution is 2.50. The van der Waals surface area contributed by atoms with E-state index in [9.17, 15) is 0 Å². The van der Waals surface area contributed by atoms with Gasteiger partial charge in [-0.1, -0.05) is 53.5 Å². The quantitative estimate of drug-likeness (QED) is 0.498. The van der Waals surface area contributed by atoms with Crippen molar-refractivity contribution in [2.75, 3.05) is 7.11 Å². The third-order valence-corrected chi connectivity index (χ3v) is 5.82. The summed E-state index contributed by atoms with van der Waals surface area (Å²) in [6.07, 6.45) is 0.363. The molecular weight excluding hydrogens is 407 g/mol. The summed E-state index contributed by atoms with van der Waals surface area (Å²) in [4.78, 5) is 0. The summed E-state index contributed by atoms with van der Waals surface area (Å²) in [5.74, 6) is 1.46. The predicted molar refractivity (Wildman–Crippen MR) is 115 cm³/mol. The number of halogens is 2. The third kappa shape index (κ3) is 3.22. The van der Waals surface area contributed by atoms with Crippen LogP contribution in [0.1, 0.15) is 35.4 Å². The van der Waals surface area contributed by atoms with Crippen LogP contribution < -0.4 is 9.47 Å². The zero-order valence-corrected chi connectivity index (χ0v) is 17.2. The fourth-order valence-corrected chi connectivity index (χ4v) is 4.46. The Bertz CT molecular complexity index is 1080. The van der Waals surface area contributed by atoms with Gasteiger partial charge in [-0.3, -0.25) is 0 Å². The van der Waals surface area contributed by atoms with E-state index in [2.05, 4.69) is 12.1 Å². The fraction of sp³-hybridized carbons (Fsp3) is 0.174. The van der Waals surface area contributed by atoms with E-state index >= 15 is 0 Å². The van der Waals surface area contributed by atoms with Gasteiger partial charge in [0.2, 0.25) is 6.23 Å². The summed E-state index contributed by atoms with van der Waals surface area (Å²) in [7, 11) is 1.65. The lowest BCUT2D eigenvalue weighted by atomic mass is 9.96. The van der Waals surface area contributed by atoms with Crippen molar-refractivity contribution in [3.05, 3.63) is 93.5 Å². The van der Waals surface area contributed by atoms with E-state index in [4.69, 9.17) is 37.8 Å². The predicted octanol–water partition coefficient (Wildman–Crippen LogP) is 6.24. The van der Waals surface area contributed by atoms with E-state index < -0.39 is 6.23 Å². The summed E-state index contributed by atoms with van der Waals surface area (Å²) in [6, 6.07) is 21.7. The first-order valence-electron chi connectivity index (χ1n) is 9.35. The molecule has 0 N–H and O–H groups in total. The van der Waals surface area contributed by atoms with Crippen LogP contribution in [-0.4, -0.2) is 17.8 Å². The van der Waals surface area contributed by atoms with Gasteiger partial charge in [-0.25, -0.2) is 5.01 Å². The van der Waals surface area contributed by atoms with Crippen LogP contribution in [0.3, 0.4) is 0 Å². The van der Waals surface area contributed by atoms with Gasteiger partial charge in [-0.05, 0) is 42.0 Å². The number of hydrogen-bond donors (Lipinski definition) is 0. The van der Waals surface area contributed by atoms with Crippen molar-refractivity contribution >= 4 is 28.9 Å². The normalized spacial score (nSPS) is 19.8. The number of ether oxygens (including phenoxy) is 2. The maximum atomic E-state index is 6.51. The van der Waals surface area contributed by atoms with E-state index in [1.54, 1.807) is 13.2 Å². The lowest BCUT2D eigenvalue weighted by molar-refractivity contribution is -0.0189. The monoisotopic (exact) mass is 424 g/mol. The molecule has 0 saturated carbocycles.